The maximum absolute atomic E-state index is 9.33. The molecule has 3 N–H and O–H groups in total. The smallest absolute Gasteiger partial charge is 0.150 e. The lowest BCUT2D eigenvalue weighted by atomic mass is 10.1. The van der Waals surface area contributed by atoms with Crippen LogP contribution in [0.3, 0.4) is 0 Å². The highest BCUT2D eigenvalue weighted by Crippen LogP contribution is 2.29. The number of rotatable bonds is 1. The maximum atomic E-state index is 9.33. The van der Waals surface area contributed by atoms with Crippen LogP contribution in [-0.4, -0.2) is 14.5 Å². The standard InChI is InChI=1S/C14H13N3O/c1-9-3-2-8-17-12(13(15)16-14(9)17)10-4-6-11(18)7-5-10/h2-8,18H,15H2,1H3. The molecule has 18 heavy (non-hydrogen) atoms. The van der Waals surface area contributed by atoms with Gasteiger partial charge in [0.25, 0.3) is 0 Å². The Morgan fingerprint density at radius 2 is 1.89 bits per heavy atom. The first-order chi connectivity index (χ1) is 8.66. The second kappa shape index (κ2) is 3.77. The maximum Gasteiger partial charge on any atom is 0.150 e. The van der Waals surface area contributed by atoms with E-state index < -0.39 is 0 Å². The Bertz CT molecular complexity index is 714. The van der Waals surface area contributed by atoms with E-state index in [4.69, 9.17) is 5.73 Å². The second-order valence-electron chi connectivity index (χ2n) is 4.28. The lowest BCUT2D eigenvalue weighted by Crippen LogP contribution is -1.92. The van der Waals surface area contributed by atoms with Gasteiger partial charge in [0.05, 0.1) is 5.69 Å². The summed E-state index contributed by atoms with van der Waals surface area (Å²) in [6.45, 7) is 2.00. The molecule has 0 unspecified atom stereocenters. The van der Waals surface area contributed by atoms with Crippen molar-refractivity contribution >= 4 is 11.5 Å². The van der Waals surface area contributed by atoms with Crippen LogP contribution in [-0.2, 0) is 0 Å². The second-order valence-corrected chi connectivity index (χ2v) is 4.28. The van der Waals surface area contributed by atoms with Crippen molar-refractivity contribution in [2.24, 2.45) is 0 Å². The predicted molar refractivity (Wildman–Crippen MR) is 71.4 cm³/mol. The number of anilines is 1. The van der Waals surface area contributed by atoms with Gasteiger partial charge in [-0.3, -0.25) is 4.40 Å². The zero-order valence-corrected chi connectivity index (χ0v) is 9.96. The number of nitrogen functional groups attached to an aromatic ring is 1. The van der Waals surface area contributed by atoms with E-state index in [2.05, 4.69) is 4.98 Å². The van der Waals surface area contributed by atoms with Gasteiger partial charge in [-0.05, 0) is 42.8 Å². The highest BCUT2D eigenvalue weighted by molar-refractivity contribution is 5.76. The molecule has 0 saturated carbocycles. The van der Waals surface area contributed by atoms with Crippen LogP contribution < -0.4 is 5.73 Å². The van der Waals surface area contributed by atoms with Crippen LogP contribution in [0.5, 0.6) is 5.75 Å². The molecule has 2 aromatic heterocycles. The molecule has 3 aromatic rings. The summed E-state index contributed by atoms with van der Waals surface area (Å²) in [5.74, 6) is 0.734. The number of hydrogen-bond acceptors (Lipinski definition) is 3. The number of phenolic OH excluding ortho intramolecular Hbond substituents is 1. The number of aromatic nitrogens is 2. The SMILES string of the molecule is Cc1cccn2c(-c3ccc(O)cc3)c(N)nc12. The van der Waals surface area contributed by atoms with E-state index in [1.807, 2.05) is 41.8 Å². The van der Waals surface area contributed by atoms with E-state index in [9.17, 15) is 5.11 Å². The fraction of sp³-hybridized carbons (Fsp3) is 0.0714. The Balaban J connectivity index is 2.32. The average Bonchev–Trinajstić information content (AvgIpc) is 2.69. The van der Waals surface area contributed by atoms with E-state index >= 15 is 0 Å². The predicted octanol–water partition coefficient (Wildman–Crippen LogP) is 2.60. The first-order valence-electron chi connectivity index (χ1n) is 5.69. The van der Waals surface area contributed by atoms with Crippen molar-refractivity contribution in [2.45, 2.75) is 6.92 Å². The fourth-order valence-corrected chi connectivity index (χ4v) is 2.13. The van der Waals surface area contributed by atoms with Crippen molar-refractivity contribution in [3.8, 4) is 17.0 Å². The zero-order chi connectivity index (χ0) is 12.7. The van der Waals surface area contributed by atoms with Gasteiger partial charge < -0.3 is 10.8 Å². The van der Waals surface area contributed by atoms with E-state index in [0.29, 0.717) is 5.82 Å². The molecule has 2 heterocycles. The molecule has 4 nitrogen and oxygen atoms in total. The van der Waals surface area contributed by atoms with Crippen LogP contribution in [0.2, 0.25) is 0 Å². The molecule has 0 saturated heterocycles. The van der Waals surface area contributed by atoms with Crippen molar-refractivity contribution in [2.75, 3.05) is 5.73 Å². The minimum absolute atomic E-state index is 0.238. The number of nitrogens with two attached hydrogens (primary N) is 1. The van der Waals surface area contributed by atoms with Gasteiger partial charge in [-0.2, -0.15) is 0 Å². The number of imidazole rings is 1. The summed E-state index contributed by atoms with van der Waals surface area (Å²) >= 11 is 0. The third-order valence-corrected chi connectivity index (χ3v) is 3.01. The topological polar surface area (TPSA) is 63.5 Å². The summed E-state index contributed by atoms with van der Waals surface area (Å²) in [5, 5.41) is 9.33. The van der Waals surface area contributed by atoms with Crippen LogP contribution in [0, 0.1) is 6.92 Å². The number of benzene rings is 1. The molecular formula is C14H13N3O. The van der Waals surface area contributed by atoms with Crippen molar-refractivity contribution in [3.63, 3.8) is 0 Å². The number of nitrogens with zero attached hydrogens (tertiary/aromatic N) is 2. The minimum Gasteiger partial charge on any atom is -0.508 e. The Labute approximate surface area is 104 Å². The fourth-order valence-electron chi connectivity index (χ4n) is 2.13. The Morgan fingerprint density at radius 3 is 2.61 bits per heavy atom. The molecule has 4 heteroatoms. The van der Waals surface area contributed by atoms with Gasteiger partial charge in [0.15, 0.2) is 5.82 Å². The first-order valence-corrected chi connectivity index (χ1v) is 5.69. The largest absolute Gasteiger partial charge is 0.508 e. The molecule has 0 aliphatic carbocycles. The summed E-state index contributed by atoms with van der Waals surface area (Å²) < 4.78 is 1.97. The molecule has 0 bridgehead atoms. The van der Waals surface area contributed by atoms with Gasteiger partial charge in [-0.15, -0.1) is 0 Å². The van der Waals surface area contributed by atoms with Gasteiger partial charge in [0, 0.05) is 11.8 Å². The molecule has 0 amide bonds. The molecule has 90 valence electrons. The zero-order valence-electron chi connectivity index (χ0n) is 9.96. The number of aromatic hydroxyl groups is 1. The Kier molecular flexibility index (Phi) is 2.23. The number of phenols is 1. The molecular weight excluding hydrogens is 226 g/mol. The van der Waals surface area contributed by atoms with Gasteiger partial charge in [0.1, 0.15) is 11.4 Å². The van der Waals surface area contributed by atoms with Crippen LogP contribution in [0.15, 0.2) is 42.6 Å². The van der Waals surface area contributed by atoms with Crippen LogP contribution in [0.25, 0.3) is 16.9 Å². The molecule has 3 rings (SSSR count). The molecule has 0 radical (unpaired) electrons. The molecule has 0 aliphatic rings. The summed E-state index contributed by atoms with van der Waals surface area (Å²) in [7, 11) is 0. The molecule has 0 fully saturated rings. The quantitative estimate of drug-likeness (QED) is 0.686. The number of hydrogen-bond donors (Lipinski definition) is 2. The highest BCUT2D eigenvalue weighted by atomic mass is 16.3. The normalized spacial score (nSPS) is 10.9. The number of pyridine rings is 1. The number of fused-ring (bicyclic) bond motifs is 1. The molecule has 0 spiro atoms. The van der Waals surface area contributed by atoms with E-state index in [0.717, 1.165) is 22.5 Å². The molecule has 0 atom stereocenters. The van der Waals surface area contributed by atoms with Crippen LogP contribution in [0.4, 0.5) is 5.82 Å². The van der Waals surface area contributed by atoms with Crippen LogP contribution in [0.1, 0.15) is 5.56 Å². The number of aryl methyl sites for hydroxylation is 1. The third kappa shape index (κ3) is 1.50. The van der Waals surface area contributed by atoms with Crippen molar-refractivity contribution in [3.05, 3.63) is 48.2 Å². The minimum atomic E-state index is 0.238. The Morgan fingerprint density at radius 1 is 1.17 bits per heavy atom. The van der Waals surface area contributed by atoms with Crippen LogP contribution >= 0.6 is 0 Å². The van der Waals surface area contributed by atoms with Crippen molar-refractivity contribution < 1.29 is 5.11 Å². The average molecular weight is 239 g/mol. The summed E-state index contributed by atoms with van der Waals surface area (Å²) in [4.78, 5) is 4.39. The van der Waals surface area contributed by atoms with Gasteiger partial charge in [-0.1, -0.05) is 6.07 Å². The summed E-state index contributed by atoms with van der Waals surface area (Å²) in [6.07, 6.45) is 1.94. The van der Waals surface area contributed by atoms with Crippen molar-refractivity contribution in [1.82, 2.24) is 9.38 Å². The first kappa shape index (κ1) is 10.7. The summed E-state index contributed by atoms with van der Waals surface area (Å²) in [5.41, 5.74) is 9.72. The lowest BCUT2D eigenvalue weighted by molar-refractivity contribution is 0.475. The Hall–Kier alpha value is -2.49. The van der Waals surface area contributed by atoms with E-state index in [1.54, 1.807) is 12.1 Å². The van der Waals surface area contributed by atoms with Gasteiger partial charge in [-0.25, -0.2) is 4.98 Å². The molecule has 0 aliphatic heterocycles. The van der Waals surface area contributed by atoms with Gasteiger partial charge >= 0.3 is 0 Å². The lowest BCUT2D eigenvalue weighted by Gasteiger charge is -2.04. The molecule has 1 aromatic carbocycles. The summed E-state index contributed by atoms with van der Waals surface area (Å²) in [6, 6.07) is 10.9. The van der Waals surface area contributed by atoms with Crippen molar-refractivity contribution in [1.29, 1.82) is 0 Å². The third-order valence-electron chi connectivity index (χ3n) is 3.01. The van der Waals surface area contributed by atoms with Gasteiger partial charge in [0.2, 0.25) is 0 Å². The highest BCUT2D eigenvalue weighted by Gasteiger charge is 2.12. The monoisotopic (exact) mass is 239 g/mol. The van der Waals surface area contributed by atoms with E-state index in [1.165, 1.54) is 0 Å². The van der Waals surface area contributed by atoms with E-state index in [-0.39, 0.29) is 5.75 Å².